The lowest BCUT2D eigenvalue weighted by molar-refractivity contribution is -0.130. The highest BCUT2D eigenvalue weighted by atomic mass is 32.2. The van der Waals surface area contributed by atoms with Gasteiger partial charge in [-0.3, -0.25) is 14.7 Å². The van der Waals surface area contributed by atoms with Crippen LogP contribution in [0.3, 0.4) is 0 Å². The Morgan fingerprint density at radius 1 is 1.12 bits per heavy atom. The minimum atomic E-state index is -3.05. The summed E-state index contributed by atoms with van der Waals surface area (Å²) in [5, 5.41) is 3.34. The van der Waals surface area contributed by atoms with Crippen LogP contribution >= 0.6 is 0 Å². The SMILES string of the molecule is CN=C(NCCN1CCN(C(C)=O)CC1)N1CCS(=O)(=O)C(C)(C)C1. The van der Waals surface area contributed by atoms with Crippen molar-refractivity contribution in [3.05, 3.63) is 0 Å². The van der Waals surface area contributed by atoms with Crippen LogP contribution in [0.2, 0.25) is 0 Å². The molecule has 0 aromatic rings. The molecule has 2 heterocycles. The molecule has 2 aliphatic rings. The van der Waals surface area contributed by atoms with Gasteiger partial charge in [-0.2, -0.15) is 0 Å². The summed E-state index contributed by atoms with van der Waals surface area (Å²) in [7, 11) is -1.32. The van der Waals surface area contributed by atoms with Crippen molar-refractivity contribution in [1.29, 1.82) is 0 Å². The lowest BCUT2D eigenvalue weighted by Crippen LogP contribution is -2.58. The molecule has 0 aliphatic carbocycles. The normalized spacial score (nSPS) is 24.2. The summed E-state index contributed by atoms with van der Waals surface area (Å²) in [5.41, 5.74) is 0. The van der Waals surface area contributed by atoms with Gasteiger partial charge in [-0.05, 0) is 13.8 Å². The Kier molecular flexibility index (Phi) is 6.31. The van der Waals surface area contributed by atoms with E-state index in [0.29, 0.717) is 13.1 Å². The molecule has 0 unspecified atom stereocenters. The lowest BCUT2D eigenvalue weighted by Gasteiger charge is -2.39. The molecule has 1 amide bonds. The monoisotopic (exact) mass is 373 g/mol. The molecule has 2 fully saturated rings. The van der Waals surface area contributed by atoms with Gasteiger partial charge in [0.1, 0.15) is 0 Å². The second kappa shape index (κ2) is 7.90. The van der Waals surface area contributed by atoms with Crippen LogP contribution in [-0.2, 0) is 14.6 Å². The van der Waals surface area contributed by atoms with Crippen LogP contribution in [0.1, 0.15) is 20.8 Å². The summed E-state index contributed by atoms with van der Waals surface area (Å²) in [4.78, 5) is 21.9. The second-order valence-corrected chi connectivity index (χ2v) is 10.1. The first-order chi connectivity index (χ1) is 11.7. The van der Waals surface area contributed by atoms with Gasteiger partial charge in [-0.1, -0.05) is 0 Å². The molecule has 2 saturated heterocycles. The minimum Gasteiger partial charge on any atom is -0.355 e. The van der Waals surface area contributed by atoms with Crippen molar-refractivity contribution in [2.75, 3.05) is 65.2 Å². The van der Waals surface area contributed by atoms with E-state index in [1.807, 2.05) is 9.80 Å². The Morgan fingerprint density at radius 3 is 2.28 bits per heavy atom. The summed E-state index contributed by atoms with van der Waals surface area (Å²) in [6.45, 7) is 11.0. The number of nitrogens with one attached hydrogen (secondary N) is 1. The molecule has 0 aromatic heterocycles. The maximum absolute atomic E-state index is 12.1. The summed E-state index contributed by atoms with van der Waals surface area (Å²) < 4.78 is 23.5. The van der Waals surface area contributed by atoms with Gasteiger partial charge < -0.3 is 15.1 Å². The zero-order valence-corrected chi connectivity index (χ0v) is 16.6. The summed E-state index contributed by atoms with van der Waals surface area (Å²) >= 11 is 0. The standard InChI is InChI=1S/C16H31N5O3S/c1-14(22)20-9-7-19(8-10-20)6-5-18-15(17-4)21-11-12-25(23,24)16(2,3)13-21/h5-13H2,1-4H3,(H,17,18). The highest BCUT2D eigenvalue weighted by Gasteiger charge is 2.40. The first-order valence-electron chi connectivity index (χ1n) is 8.82. The molecule has 0 saturated carbocycles. The fourth-order valence-electron chi connectivity index (χ4n) is 3.27. The van der Waals surface area contributed by atoms with Gasteiger partial charge in [0, 0.05) is 66.3 Å². The first kappa shape index (κ1) is 20.0. The molecule has 0 radical (unpaired) electrons. The number of guanidine groups is 1. The Bertz CT molecular complexity index is 609. The third-order valence-electron chi connectivity index (χ3n) is 5.08. The van der Waals surface area contributed by atoms with Crippen molar-refractivity contribution < 1.29 is 13.2 Å². The number of nitrogens with zero attached hydrogens (tertiary/aromatic N) is 4. The Morgan fingerprint density at radius 2 is 1.76 bits per heavy atom. The molecule has 144 valence electrons. The van der Waals surface area contributed by atoms with Gasteiger partial charge in [0.15, 0.2) is 15.8 Å². The predicted molar refractivity (Wildman–Crippen MR) is 99.5 cm³/mol. The zero-order valence-electron chi connectivity index (χ0n) is 15.8. The number of hydrogen-bond acceptors (Lipinski definition) is 5. The molecule has 25 heavy (non-hydrogen) atoms. The molecule has 1 N–H and O–H groups in total. The molecule has 0 aromatic carbocycles. The fraction of sp³-hybridized carbons (Fsp3) is 0.875. The molecule has 9 heteroatoms. The maximum Gasteiger partial charge on any atom is 0.219 e. The van der Waals surface area contributed by atoms with Crippen LogP contribution in [0.25, 0.3) is 0 Å². The number of hydrogen-bond donors (Lipinski definition) is 1. The van der Waals surface area contributed by atoms with Gasteiger partial charge in [0.25, 0.3) is 0 Å². The van der Waals surface area contributed by atoms with E-state index in [2.05, 4.69) is 15.2 Å². The first-order valence-corrected chi connectivity index (χ1v) is 10.5. The zero-order chi connectivity index (χ0) is 18.7. The van der Waals surface area contributed by atoms with Gasteiger partial charge in [0.05, 0.1) is 10.5 Å². The number of amides is 1. The Labute approximate surface area is 151 Å². The van der Waals surface area contributed by atoms with Crippen LogP contribution < -0.4 is 5.32 Å². The second-order valence-electron chi connectivity index (χ2n) is 7.32. The van der Waals surface area contributed by atoms with Crippen LogP contribution in [0.5, 0.6) is 0 Å². The van der Waals surface area contributed by atoms with Crippen LogP contribution in [0.15, 0.2) is 4.99 Å². The third-order valence-corrected chi connectivity index (χ3v) is 7.62. The number of carbonyl (C=O) groups is 1. The smallest absolute Gasteiger partial charge is 0.219 e. The number of aliphatic imine (C=N–C) groups is 1. The van der Waals surface area contributed by atoms with Crippen LogP contribution in [-0.4, -0.2) is 105 Å². The van der Waals surface area contributed by atoms with E-state index < -0.39 is 14.6 Å². The highest BCUT2D eigenvalue weighted by Crippen LogP contribution is 2.23. The van der Waals surface area contributed by atoms with Crippen molar-refractivity contribution >= 4 is 21.7 Å². The van der Waals surface area contributed by atoms with E-state index in [1.54, 1.807) is 27.8 Å². The number of rotatable bonds is 3. The van der Waals surface area contributed by atoms with Gasteiger partial charge in [0.2, 0.25) is 5.91 Å². The predicted octanol–water partition coefficient (Wildman–Crippen LogP) is -0.765. The molecule has 0 spiro atoms. The minimum absolute atomic E-state index is 0.140. The van der Waals surface area contributed by atoms with Gasteiger partial charge in [-0.25, -0.2) is 8.42 Å². The molecule has 0 atom stereocenters. The third kappa shape index (κ3) is 4.84. The van der Waals surface area contributed by atoms with E-state index in [4.69, 9.17) is 0 Å². The molecule has 2 rings (SSSR count). The number of piperazine rings is 1. The van der Waals surface area contributed by atoms with Crippen molar-refractivity contribution in [2.24, 2.45) is 4.99 Å². The van der Waals surface area contributed by atoms with E-state index in [0.717, 1.165) is 45.2 Å². The van der Waals surface area contributed by atoms with Crippen molar-refractivity contribution in [1.82, 2.24) is 20.0 Å². The number of carbonyl (C=O) groups excluding carboxylic acids is 1. The molecule has 8 nitrogen and oxygen atoms in total. The van der Waals surface area contributed by atoms with E-state index >= 15 is 0 Å². The molecular formula is C16H31N5O3S. The Hall–Kier alpha value is -1.35. The van der Waals surface area contributed by atoms with E-state index in [9.17, 15) is 13.2 Å². The van der Waals surface area contributed by atoms with E-state index in [1.165, 1.54) is 0 Å². The molecule has 2 aliphatic heterocycles. The van der Waals surface area contributed by atoms with Gasteiger partial charge >= 0.3 is 0 Å². The quantitative estimate of drug-likeness (QED) is 0.517. The summed E-state index contributed by atoms with van der Waals surface area (Å²) in [5.74, 6) is 1.06. The van der Waals surface area contributed by atoms with Crippen molar-refractivity contribution in [3.63, 3.8) is 0 Å². The average Bonchev–Trinajstić information content (AvgIpc) is 2.55. The maximum atomic E-state index is 12.1. The average molecular weight is 374 g/mol. The highest BCUT2D eigenvalue weighted by molar-refractivity contribution is 7.92. The fourth-order valence-corrected chi connectivity index (χ4v) is 4.63. The summed E-state index contributed by atoms with van der Waals surface area (Å²) in [6.07, 6.45) is 0. The van der Waals surface area contributed by atoms with Gasteiger partial charge in [-0.15, -0.1) is 0 Å². The number of sulfone groups is 1. The van der Waals surface area contributed by atoms with E-state index in [-0.39, 0.29) is 11.7 Å². The molecular weight excluding hydrogens is 342 g/mol. The van der Waals surface area contributed by atoms with Crippen molar-refractivity contribution in [2.45, 2.75) is 25.5 Å². The van der Waals surface area contributed by atoms with Crippen LogP contribution in [0, 0.1) is 0 Å². The largest absolute Gasteiger partial charge is 0.355 e. The summed E-state index contributed by atoms with van der Waals surface area (Å²) in [6, 6.07) is 0. The molecule has 0 bridgehead atoms. The van der Waals surface area contributed by atoms with Crippen LogP contribution in [0.4, 0.5) is 0 Å². The Balaban J connectivity index is 1.79. The van der Waals surface area contributed by atoms with Crippen molar-refractivity contribution in [3.8, 4) is 0 Å². The lowest BCUT2D eigenvalue weighted by atomic mass is 10.2. The topological polar surface area (TPSA) is 85.3 Å².